The van der Waals surface area contributed by atoms with Gasteiger partial charge in [-0.3, -0.25) is 4.79 Å². The van der Waals surface area contributed by atoms with Gasteiger partial charge in [0.2, 0.25) is 5.91 Å². The highest BCUT2D eigenvalue weighted by atomic mass is 16.2. The van der Waals surface area contributed by atoms with Crippen molar-refractivity contribution in [1.82, 2.24) is 19.9 Å². The van der Waals surface area contributed by atoms with Crippen molar-refractivity contribution in [3.63, 3.8) is 0 Å². The number of amides is 1. The third-order valence-corrected chi connectivity index (χ3v) is 2.49. The van der Waals surface area contributed by atoms with Crippen LogP contribution in [0.2, 0.25) is 0 Å². The van der Waals surface area contributed by atoms with E-state index in [-0.39, 0.29) is 5.91 Å². The Hall–Kier alpha value is -1.91. The van der Waals surface area contributed by atoms with Crippen LogP contribution in [0.3, 0.4) is 0 Å². The van der Waals surface area contributed by atoms with E-state index in [0.717, 1.165) is 11.0 Å². The van der Waals surface area contributed by atoms with Crippen LogP contribution in [0.5, 0.6) is 0 Å². The molecule has 0 fully saturated rings. The minimum Gasteiger partial charge on any atom is -0.326 e. The molecule has 0 bridgehead atoms. The molecule has 0 spiro atoms. The molecule has 0 N–H and O–H groups in total. The van der Waals surface area contributed by atoms with Crippen LogP contribution in [0.1, 0.15) is 13.3 Å². The molecule has 5 nitrogen and oxygen atoms in total. The summed E-state index contributed by atoms with van der Waals surface area (Å²) in [7, 11) is 1.77. The molecule has 0 aliphatic rings. The van der Waals surface area contributed by atoms with Crippen LogP contribution < -0.4 is 0 Å². The molecule has 0 aliphatic carbocycles. The summed E-state index contributed by atoms with van der Waals surface area (Å²) in [5.41, 5.74) is 1.79. The van der Waals surface area contributed by atoms with Crippen molar-refractivity contribution in [2.24, 2.45) is 0 Å². The number of rotatable bonds is 3. The molecule has 1 aromatic heterocycles. The number of fused-ring (bicyclic) bond motifs is 1. The Bertz CT molecular complexity index is 505. The first-order valence-electron chi connectivity index (χ1n) is 5.24. The van der Waals surface area contributed by atoms with Gasteiger partial charge in [0.15, 0.2) is 0 Å². The summed E-state index contributed by atoms with van der Waals surface area (Å²) in [6.07, 6.45) is 0.503. The third-order valence-electron chi connectivity index (χ3n) is 2.49. The highest BCUT2D eigenvalue weighted by Crippen LogP contribution is 2.10. The summed E-state index contributed by atoms with van der Waals surface area (Å²) in [5, 5.41) is 8.06. The van der Waals surface area contributed by atoms with Gasteiger partial charge in [-0.1, -0.05) is 24.3 Å². The molecule has 84 valence electrons. The number of benzene rings is 1. The van der Waals surface area contributed by atoms with E-state index in [4.69, 9.17) is 0 Å². The van der Waals surface area contributed by atoms with E-state index in [1.807, 2.05) is 31.2 Å². The Morgan fingerprint density at radius 1 is 1.44 bits per heavy atom. The molecule has 2 aromatic rings. The fourth-order valence-corrected chi connectivity index (χ4v) is 1.57. The van der Waals surface area contributed by atoms with Crippen LogP contribution in [-0.4, -0.2) is 32.8 Å². The van der Waals surface area contributed by atoms with Gasteiger partial charge in [-0.2, -0.15) is 0 Å². The van der Waals surface area contributed by atoms with Crippen LogP contribution >= 0.6 is 0 Å². The van der Waals surface area contributed by atoms with Crippen molar-refractivity contribution >= 4 is 16.9 Å². The van der Waals surface area contributed by atoms with Gasteiger partial charge in [-0.05, 0) is 12.1 Å². The molecule has 0 atom stereocenters. The van der Waals surface area contributed by atoms with Crippen LogP contribution in [0.4, 0.5) is 0 Å². The zero-order valence-electron chi connectivity index (χ0n) is 9.42. The van der Waals surface area contributed by atoms with Gasteiger partial charge < -0.3 is 4.90 Å². The van der Waals surface area contributed by atoms with E-state index >= 15 is 0 Å². The smallest absolute Gasteiger partial charge is 0.223 e. The molecule has 16 heavy (non-hydrogen) atoms. The first kappa shape index (κ1) is 10.6. The molecule has 0 radical (unpaired) electrons. The molecule has 1 heterocycles. The molecule has 0 aliphatic heterocycles. The fourth-order valence-electron chi connectivity index (χ4n) is 1.57. The Balaban J connectivity index is 2.24. The molecule has 0 saturated carbocycles. The lowest BCUT2D eigenvalue weighted by atomic mass is 10.3. The van der Waals surface area contributed by atoms with Crippen molar-refractivity contribution < 1.29 is 4.79 Å². The average Bonchev–Trinajstić information content (AvgIpc) is 2.72. The molecule has 0 saturated heterocycles. The number of para-hydroxylation sites is 1. The van der Waals surface area contributed by atoms with E-state index in [0.29, 0.717) is 13.1 Å². The maximum atomic E-state index is 11.4. The van der Waals surface area contributed by atoms with Crippen molar-refractivity contribution in [2.45, 2.75) is 20.0 Å². The van der Waals surface area contributed by atoms with Gasteiger partial charge in [0.1, 0.15) is 12.2 Å². The third kappa shape index (κ3) is 1.88. The highest BCUT2D eigenvalue weighted by Gasteiger charge is 2.09. The predicted molar refractivity (Wildman–Crippen MR) is 60.6 cm³/mol. The standard InChI is InChI=1S/C11H14N4O/c1-3-11(16)14(2)8-15-10-7-5-4-6-9(10)12-13-15/h4-7H,3,8H2,1-2H3. The summed E-state index contributed by atoms with van der Waals surface area (Å²) in [6.45, 7) is 2.28. The Morgan fingerprint density at radius 3 is 2.94 bits per heavy atom. The van der Waals surface area contributed by atoms with Crippen molar-refractivity contribution in [1.29, 1.82) is 0 Å². The lowest BCUT2D eigenvalue weighted by Crippen LogP contribution is -2.28. The van der Waals surface area contributed by atoms with Gasteiger partial charge in [0, 0.05) is 13.5 Å². The molecule has 2 rings (SSSR count). The van der Waals surface area contributed by atoms with Crippen molar-refractivity contribution in [3.8, 4) is 0 Å². The van der Waals surface area contributed by atoms with E-state index in [9.17, 15) is 4.79 Å². The van der Waals surface area contributed by atoms with E-state index in [2.05, 4.69) is 10.3 Å². The number of hydrogen-bond donors (Lipinski definition) is 0. The van der Waals surface area contributed by atoms with Gasteiger partial charge in [0.05, 0.1) is 5.52 Å². The highest BCUT2D eigenvalue weighted by molar-refractivity contribution is 5.76. The fraction of sp³-hybridized carbons (Fsp3) is 0.364. The first-order chi connectivity index (χ1) is 7.72. The summed E-state index contributed by atoms with van der Waals surface area (Å²) in [4.78, 5) is 13.1. The first-order valence-corrected chi connectivity index (χ1v) is 5.24. The molecular formula is C11H14N4O. The SMILES string of the molecule is CCC(=O)N(C)Cn1nnc2ccccc21. The molecule has 1 aromatic carbocycles. The maximum absolute atomic E-state index is 11.4. The van der Waals surface area contributed by atoms with Crippen LogP contribution in [-0.2, 0) is 11.5 Å². The van der Waals surface area contributed by atoms with Crippen LogP contribution in [0.25, 0.3) is 11.0 Å². The zero-order chi connectivity index (χ0) is 11.5. The largest absolute Gasteiger partial charge is 0.326 e. The number of aromatic nitrogens is 3. The number of carbonyl (C=O) groups excluding carboxylic acids is 1. The van der Waals surface area contributed by atoms with E-state index < -0.39 is 0 Å². The minimum atomic E-state index is 0.0968. The minimum absolute atomic E-state index is 0.0968. The normalized spacial score (nSPS) is 10.6. The van der Waals surface area contributed by atoms with Gasteiger partial charge in [-0.15, -0.1) is 5.10 Å². The van der Waals surface area contributed by atoms with Crippen molar-refractivity contribution in [2.75, 3.05) is 7.05 Å². The predicted octanol–water partition coefficient (Wildman–Crippen LogP) is 1.26. The molecule has 0 unspecified atom stereocenters. The summed E-state index contributed by atoms with van der Waals surface area (Å²) >= 11 is 0. The monoisotopic (exact) mass is 218 g/mol. The summed E-state index contributed by atoms with van der Waals surface area (Å²) in [6, 6.07) is 7.70. The lowest BCUT2D eigenvalue weighted by molar-refractivity contribution is -0.131. The Kier molecular flexibility index (Phi) is 2.85. The summed E-state index contributed by atoms with van der Waals surface area (Å²) < 4.78 is 1.73. The second kappa shape index (κ2) is 4.30. The van der Waals surface area contributed by atoms with Gasteiger partial charge >= 0.3 is 0 Å². The Labute approximate surface area is 93.7 Å². The average molecular weight is 218 g/mol. The molecule has 1 amide bonds. The van der Waals surface area contributed by atoms with Gasteiger partial charge in [-0.25, -0.2) is 4.68 Å². The second-order valence-corrected chi connectivity index (χ2v) is 3.66. The lowest BCUT2D eigenvalue weighted by Gasteiger charge is -2.15. The number of nitrogens with zero attached hydrogens (tertiary/aromatic N) is 4. The maximum Gasteiger partial charge on any atom is 0.223 e. The molecular weight excluding hydrogens is 204 g/mol. The quantitative estimate of drug-likeness (QED) is 0.779. The van der Waals surface area contributed by atoms with Gasteiger partial charge in [0.25, 0.3) is 0 Å². The number of carbonyl (C=O) groups is 1. The Morgan fingerprint density at radius 2 is 2.19 bits per heavy atom. The second-order valence-electron chi connectivity index (χ2n) is 3.66. The number of hydrogen-bond acceptors (Lipinski definition) is 3. The molecule has 5 heteroatoms. The van der Waals surface area contributed by atoms with E-state index in [1.165, 1.54) is 0 Å². The zero-order valence-corrected chi connectivity index (χ0v) is 9.42. The van der Waals surface area contributed by atoms with Crippen molar-refractivity contribution in [3.05, 3.63) is 24.3 Å². The van der Waals surface area contributed by atoms with Crippen LogP contribution in [0.15, 0.2) is 24.3 Å². The van der Waals surface area contributed by atoms with Crippen LogP contribution in [0, 0.1) is 0 Å². The van der Waals surface area contributed by atoms with E-state index in [1.54, 1.807) is 16.6 Å². The summed E-state index contributed by atoms with van der Waals surface area (Å²) in [5.74, 6) is 0.0968. The topological polar surface area (TPSA) is 51.0 Å².